The van der Waals surface area contributed by atoms with Gasteiger partial charge in [-0.15, -0.1) is 0 Å². The molecule has 0 heterocycles. The molecular formula is C19H13NO2. The van der Waals surface area contributed by atoms with Gasteiger partial charge in [-0.05, 0) is 53.1 Å². The Hall–Kier alpha value is -3.12. The van der Waals surface area contributed by atoms with Crippen molar-refractivity contribution in [3.8, 4) is 16.9 Å². The molecule has 0 aliphatic heterocycles. The molecule has 106 valence electrons. The molecule has 0 unspecified atom stereocenters. The van der Waals surface area contributed by atoms with Crippen LogP contribution < -0.4 is 0 Å². The smallest absolute Gasteiger partial charge is 0.188 e. The van der Waals surface area contributed by atoms with E-state index >= 15 is 0 Å². The topological polar surface area (TPSA) is 41.7 Å². The van der Waals surface area contributed by atoms with Gasteiger partial charge in [-0.2, -0.15) is 0 Å². The van der Waals surface area contributed by atoms with Gasteiger partial charge >= 0.3 is 0 Å². The first-order chi connectivity index (χ1) is 10.6. The summed E-state index contributed by atoms with van der Waals surface area (Å²) in [6, 6.07) is 16.4. The van der Waals surface area contributed by atoms with Crippen LogP contribution >= 0.6 is 0 Å². The van der Waals surface area contributed by atoms with E-state index in [1.54, 1.807) is 24.3 Å². The summed E-state index contributed by atoms with van der Waals surface area (Å²) in [6.07, 6.45) is 0. The third kappa shape index (κ3) is 2.32. The van der Waals surface area contributed by atoms with Gasteiger partial charge in [-0.3, -0.25) is 4.79 Å². The summed E-state index contributed by atoms with van der Waals surface area (Å²) in [5, 5.41) is 12.0. The molecule has 0 aliphatic carbocycles. The molecule has 0 saturated carbocycles. The molecule has 3 nitrogen and oxygen atoms in total. The largest absolute Gasteiger partial charge is 0.507 e. The van der Waals surface area contributed by atoms with Crippen LogP contribution in [0.4, 0.5) is 5.69 Å². The van der Waals surface area contributed by atoms with Gasteiger partial charge in [0.25, 0.3) is 0 Å². The quantitative estimate of drug-likeness (QED) is 0.534. The monoisotopic (exact) mass is 287 g/mol. The molecular weight excluding hydrogens is 274 g/mol. The molecule has 0 fully saturated rings. The number of carbonyl (C=O) groups excluding carboxylic acids is 1. The molecule has 1 N–H and O–H groups in total. The lowest BCUT2D eigenvalue weighted by molar-refractivity contribution is 0.101. The maximum absolute atomic E-state index is 11.4. The number of fused-ring (bicyclic) bond motifs is 1. The Kier molecular flexibility index (Phi) is 3.36. The number of phenols is 1. The van der Waals surface area contributed by atoms with Crippen molar-refractivity contribution >= 4 is 22.2 Å². The van der Waals surface area contributed by atoms with Gasteiger partial charge in [0.1, 0.15) is 5.75 Å². The lowest BCUT2D eigenvalue weighted by atomic mass is 9.96. The lowest BCUT2D eigenvalue weighted by Gasteiger charge is -2.10. The Morgan fingerprint density at radius 1 is 1.09 bits per heavy atom. The molecule has 0 saturated heterocycles. The number of phenolic OH excluding ortho intramolecular Hbond substituents is 1. The normalized spacial score (nSPS) is 10.4. The highest BCUT2D eigenvalue weighted by molar-refractivity contribution is 6.01. The van der Waals surface area contributed by atoms with Crippen LogP contribution in [0.2, 0.25) is 0 Å². The van der Waals surface area contributed by atoms with E-state index in [9.17, 15) is 9.90 Å². The van der Waals surface area contributed by atoms with Crippen molar-refractivity contribution < 1.29 is 9.90 Å². The van der Waals surface area contributed by atoms with Gasteiger partial charge in [0.15, 0.2) is 11.5 Å². The van der Waals surface area contributed by atoms with E-state index in [1.807, 2.05) is 30.3 Å². The first-order valence-corrected chi connectivity index (χ1v) is 6.85. The summed E-state index contributed by atoms with van der Waals surface area (Å²) in [5.41, 5.74) is 2.50. The minimum Gasteiger partial charge on any atom is -0.507 e. The molecule has 22 heavy (non-hydrogen) atoms. The Labute approximate surface area is 128 Å². The summed E-state index contributed by atoms with van der Waals surface area (Å²) in [4.78, 5) is 14.9. The van der Waals surface area contributed by atoms with E-state index in [1.165, 1.54) is 6.92 Å². The van der Waals surface area contributed by atoms with Crippen molar-refractivity contribution in [3.63, 3.8) is 0 Å². The molecule has 3 aromatic carbocycles. The highest BCUT2D eigenvalue weighted by Crippen LogP contribution is 2.35. The van der Waals surface area contributed by atoms with Gasteiger partial charge in [-0.1, -0.05) is 30.3 Å². The van der Waals surface area contributed by atoms with E-state index in [0.717, 1.165) is 21.9 Å². The predicted octanol–water partition coefficient (Wildman–Crippen LogP) is 4.97. The molecule has 3 rings (SSSR count). The standard InChI is InChI=1S/C19H13NO2/c1-12(21)16-8-7-14(10-19(16)22)18-11-15(20-2)9-13-5-3-4-6-17(13)18/h3-11,22H,1H3. The molecule has 3 heteroatoms. The Morgan fingerprint density at radius 3 is 2.55 bits per heavy atom. The Balaban J connectivity index is 2.28. The third-order valence-electron chi connectivity index (χ3n) is 3.66. The summed E-state index contributed by atoms with van der Waals surface area (Å²) in [5.74, 6) is -0.217. The Bertz CT molecular complexity index is 936. The van der Waals surface area contributed by atoms with E-state index in [0.29, 0.717) is 11.3 Å². The molecule has 0 bridgehead atoms. The zero-order valence-corrected chi connectivity index (χ0v) is 12.0. The van der Waals surface area contributed by atoms with E-state index in [-0.39, 0.29) is 11.5 Å². The third-order valence-corrected chi connectivity index (χ3v) is 3.66. The number of aromatic hydroxyl groups is 1. The fourth-order valence-corrected chi connectivity index (χ4v) is 2.60. The minimum atomic E-state index is -0.177. The van der Waals surface area contributed by atoms with Gasteiger partial charge < -0.3 is 5.11 Å². The molecule has 0 aliphatic rings. The zero-order valence-electron chi connectivity index (χ0n) is 12.0. The summed E-state index contributed by atoms with van der Waals surface area (Å²) >= 11 is 0. The van der Waals surface area contributed by atoms with Crippen molar-refractivity contribution in [1.29, 1.82) is 0 Å². The second kappa shape index (κ2) is 5.34. The van der Waals surface area contributed by atoms with Crippen LogP contribution in [0.1, 0.15) is 17.3 Å². The maximum atomic E-state index is 11.4. The van der Waals surface area contributed by atoms with Crippen molar-refractivity contribution in [1.82, 2.24) is 0 Å². The second-order valence-corrected chi connectivity index (χ2v) is 5.11. The number of carbonyl (C=O) groups is 1. The van der Waals surface area contributed by atoms with Crippen LogP contribution in [-0.4, -0.2) is 10.9 Å². The number of hydrogen-bond donors (Lipinski definition) is 1. The SMILES string of the molecule is [C-]#[N+]c1cc(-c2ccc(C(C)=O)c(O)c2)c2ccccc2c1. The van der Waals surface area contributed by atoms with Crippen molar-refractivity contribution in [2.24, 2.45) is 0 Å². The molecule has 0 radical (unpaired) electrons. The fraction of sp³-hybridized carbons (Fsp3) is 0.0526. The van der Waals surface area contributed by atoms with Gasteiger partial charge in [0, 0.05) is 0 Å². The number of benzene rings is 3. The number of hydrogen-bond acceptors (Lipinski definition) is 2. The van der Waals surface area contributed by atoms with Gasteiger partial charge in [0.05, 0.1) is 12.1 Å². The van der Waals surface area contributed by atoms with E-state index < -0.39 is 0 Å². The lowest BCUT2D eigenvalue weighted by Crippen LogP contribution is -1.92. The van der Waals surface area contributed by atoms with Gasteiger partial charge in [0.2, 0.25) is 0 Å². The highest BCUT2D eigenvalue weighted by Gasteiger charge is 2.11. The van der Waals surface area contributed by atoms with E-state index in [4.69, 9.17) is 6.57 Å². The first kappa shape index (κ1) is 13.8. The predicted molar refractivity (Wildman–Crippen MR) is 87.3 cm³/mol. The molecule has 0 amide bonds. The number of ketones is 1. The zero-order chi connectivity index (χ0) is 15.7. The maximum Gasteiger partial charge on any atom is 0.188 e. The molecule has 3 aromatic rings. The van der Waals surface area contributed by atoms with Crippen molar-refractivity contribution in [2.45, 2.75) is 6.92 Å². The average molecular weight is 287 g/mol. The van der Waals surface area contributed by atoms with Crippen LogP contribution in [0.25, 0.3) is 26.7 Å². The molecule has 0 atom stereocenters. The Morgan fingerprint density at radius 2 is 1.86 bits per heavy atom. The first-order valence-electron chi connectivity index (χ1n) is 6.85. The van der Waals surface area contributed by atoms with Gasteiger partial charge in [-0.25, -0.2) is 4.85 Å². The number of Topliss-reactive ketones (excluding diaryl/α,β-unsaturated/α-hetero) is 1. The van der Waals surface area contributed by atoms with Crippen LogP contribution in [0.3, 0.4) is 0 Å². The second-order valence-electron chi connectivity index (χ2n) is 5.11. The summed E-state index contributed by atoms with van der Waals surface area (Å²) < 4.78 is 0. The van der Waals surface area contributed by atoms with Crippen molar-refractivity contribution in [3.05, 3.63) is 71.6 Å². The fourth-order valence-electron chi connectivity index (χ4n) is 2.60. The highest BCUT2D eigenvalue weighted by atomic mass is 16.3. The van der Waals surface area contributed by atoms with Crippen LogP contribution in [0.5, 0.6) is 5.75 Å². The van der Waals surface area contributed by atoms with E-state index in [2.05, 4.69) is 4.85 Å². The van der Waals surface area contributed by atoms with Crippen LogP contribution in [-0.2, 0) is 0 Å². The van der Waals surface area contributed by atoms with Crippen LogP contribution in [0.15, 0.2) is 54.6 Å². The molecule has 0 spiro atoms. The summed E-state index contributed by atoms with van der Waals surface area (Å²) in [6.45, 7) is 8.66. The minimum absolute atomic E-state index is 0.0395. The molecule has 0 aromatic heterocycles. The number of nitrogens with zero attached hydrogens (tertiary/aromatic N) is 1. The summed E-state index contributed by atoms with van der Waals surface area (Å²) in [7, 11) is 0. The van der Waals surface area contributed by atoms with Crippen LogP contribution in [0, 0.1) is 6.57 Å². The number of rotatable bonds is 2. The van der Waals surface area contributed by atoms with Crippen molar-refractivity contribution in [2.75, 3.05) is 0 Å². The average Bonchev–Trinajstić information content (AvgIpc) is 2.53.